The fourth-order valence-corrected chi connectivity index (χ4v) is 8.80. The quantitative estimate of drug-likeness (QED) is 0.0272. The third kappa shape index (κ3) is 53.6. The van der Waals surface area contributed by atoms with E-state index in [1.54, 1.807) is 6.08 Å². The molecule has 0 aromatic heterocycles. The number of likely N-dealkylation sites (N-methyl/N-ethyl adjacent to an activating group) is 1. The smallest absolute Gasteiger partial charge is 0.268 e. The molecule has 0 bridgehead atoms. The van der Waals surface area contributed by atoms with E-state index >= 15 is 0 Å². The number of phosphoric ester groups is 1. The number of nitrogens with one attached hydrogen (secondary N) is 1. The average Bonchev–Trinajstić information content (AvgIpc) is 3.31. The Labute approximate surface area is 427 Å². The van der Waals surface area contributed by atoms with Gasteiger partial charge in [0.15, 0.2) is 0 Å². The van der Waals surface area contributed by atoms with Crippen molar-refractivity contribution in [2.45, 2.75) is 264 Å². The van der Waals surface area contributed by atoms with Crippen molar-refractivity contribution in [1.29, 1.82) is 0 Å². The van der Waals surface area contributed by atoms with Crippen molar-refractivity contribution in [2.75, 3.05) is 40.9 Å². The summed E-state index contributed by atoms with van der Waals surface area (Å²) in [7, 11) is 1.22. The zero-order chi connectivity index (χ0) is 50.6. The number of aliphatic hydroxyl groups is 1. The topological polar surface area (TPSA) is 108 Å². The van der Waals surface area contributed by atoms with Gasteiger partial charge in [0, 0.05) is 6.42 Å². The van der Waals surface area contributed by atoms with Crippen LogP contribution in [0.15, 0.2) is 72.9 Å². The summed E-state index contributed by atoms with van der Waals surface area (Å²) in [4.78, 5) is 25.5. The molecule has 8 nitrogen and oxygen atoms in total. The number of hydrogen-bond donors (Lipinski definition) is 2. The van der Waals surface area contributed by atoms with Gasteiger partial charge in [0.2, 0.25) is 5.91 Å². The van der Waals surface area contributed by atoms with Crippen molar-refractivity contribution < 1.29 is 32.9 Å². The molecule has 1 amide bonds. The Kier molecular flexibility index (Phi) is 49.3. The molecule has 0 aromatic carbocycles. The van der Waals surface area contributed by atoms with Gasteiger partial charge in [-0.15, -0.1) is 0 Å². The largest absolute Gasteiger partial charge is 0.756 e. The Balaban J connectivity index is 4.30. The van der Waals surface area contributed by atoms with Gasteiger partial charge in [-0.3, -0.25) is 9.36 Å². The fraction of sp³-hybridized carbons (Fsp3) is 0.783. The van der Waals surface area contributed by atoms with E-state index in [0.29, 0.717) is 17.4 Å². The number of phosphoric acid groups is 1. The molecular weight excluding hydrogens is 876 g/mol. The second kappa shape index (κ2) is 50.9. The zero-order valence-corrected chi connectivity index (χ0v) is 46.6. The number of quaternary nitrogens is 1. The van der Waals surface area contributed by atoms with Crippen LogP contribution in [0.4, 0.5) is 0 Å². The van der Waals surface area contributed by atoms with Crippen LogP contribution in [0.2, 0.25) is 0 Å². The highest BCUT2D eigenvalue weighted by molar-refractivity contribution is 7.45. The molecule has 0 aromatic rings. The van der Waals surface area contributed by atoms with Gasteiger partial charge in [0.25, 0.3) is 7.82 Å². The van der Waals surface area contributed by atoms with Gasteiger partial charge in [-0.2, -0.15) is 0 Å². The molecule has 3 atom stereocenters. The summed E-state index contributed by atoms with van der Waals surface area (Å²) >= 11 is 0. The van der Waals surface area contributed by atoms with Crippen LogP contribution >= 0.6 is 7.82 Å². The maximum atomic E-state index is 12.9. The molecule has 0 aliphatic rings. The Morgan fingerprint density at radius 2 is 0.855 bits per heavy atom. The number of nitrogens with zero attached hydrogens (tertiary/aromatic N) is 1. The molecule has 0 saturated carbocycles. The maximum Gasteiger partial charge on any atom is 0.268 e. The molecule has 3 unspecified atom stereocenters. The van der Waals surface area contributed by atoms with E-state index in [4.69, 9.17) is 9.05 Å². The lowest BCUT2D eigenvalue weighted by Gasteiger charge is -2.29. The van der Waals surface area contributed by atoms with E-state index in [9.17, 15) is 19.4 Å². The zero-order valence-electron chi connectivity index (χ0n) is 45.8. The fourth-order valence-electron chi connectivity index (χ4n) is 8.07. The number of carbonyl (C=O) groups is 1. The molecule has 69 heavy (non-hydrogen) atoms. The molecule has 0 saturated heterocycles. The van der Waals surface area contributed by atoms with E-state index in [1.807, 2.05) is 27.2 Å². The highest BCUT2D eigenvalue weighted by atomic mass is 31.2. The lowest BCUT2D eigenvalue weighted by atomic mass is 10.0. The minimum atomic E-state index is -4.62. The van der Waals surface area contributed by atoms with Crippen LogP contribution in [0.3, 0.4) is 0 Å². The van der Waals surface area contributed by atoms with Crippen LogP contribution in [-0.4, -0.2) is 68.5 Å². The van der Waals surface area contributed by atoms with Gasteiger partial charge in [-0.1, -0.05) is 234 Å². The first-order chi connectivity index (χ1) is 33.5. The average molecular weight is 988 g/mol. The van der Waals surface area contributed by atoms with Gasteiger partial charge in [-0.05, 0) is 83.5 Å². The lowest BCUT2D eigenvalue weighted by Crippen LogP contribution is -2.45. The Hall–Kier alpha value is -2.06. The minimum absolute atomic E-state index is 0.0148. The number of hydrogen-bond acceptors (Lipinski definition) is 6. The molecule has 0 aliphatic carbocycles. The van der Waals surface area contributed by atoms with Crippen molar-refractivity contribution in [3.8, 4) is 0 Å². The molecule has 0 spiro atoms. The van der Waals surface area contributed by atoms with Crippen molar-refractivity contribution in [2.24, 2.45) is 0 Å². The van der Waals surface area contributed by atoms with Crippen LogP contribution in [0, 0.1) is 0 Å². The van der Waals surface area contributed by atoms with Crippen LogP contribution in [0.5, 0.6) is 0 Å². The van der Waals surface area contributed by atoms with Gasteiger partial charge in [0.1, 0.15) is 13.2 Å². The molecule has 2 N–H and O–H groups in total. The van der Waals surface area contributed by atoms with E-state index in [0.717, 1.165) is 70.6 Å². The maximum absolute atomic E-state index is 12.9. The second-order valence-electron chi connectivity index (χ2n) is 20.6. The number of aliphatic hydroxyl groups excluding tert-OH is 1. The summed E-state index contributed by atoms with van der Waals surface area (Å²) < 4.78 is 23.3. The summed E-state index contributed by atoms with van der Waals surface area (Å²) in [5.41, 5.74) is 0. The van der Waals surface area contributed by atoms with Crippen molar-refractivity contribution in [3.05, 3.63) is 72.9 Å². The van der Waals surface area contributed by atoms with Gasteiger partial charge in [0.05, 0.1) is 39.9 Å². The van der Waals surface area contributed by atoms with E-state index in [2.05, 4.69) is 79.9 Å². The first-order valence-corrected chi connectivity index (χ1v) is 30.3. The van der Waals surface area contributed by atoms with Gasteiger partial charge >= 0.3 is 0 Å². The lowest BCUT2D eigenvalue weighted by molar-refractivity contribution is -0.870. The first kappa shape index (κ1) is 66.9. The van der Waals surface area contributed by atoms with Crippen LogP contribution < -0.4 is 10.2 Å². The number of unbranched alkanes of at least 4 members (excludes halogenated alkanes) is 29. The Bertz CT molecular complexity index is 1350. The molecule has 402 valence electrons. The second-order valence-corrected chi connectivity index (χ2v) is 22.0. The molecule has 0 aliphatic heterocycles. The number of allylic oxidation sites excluding steroid dienone is 11. The summed E-state index contributed by atoms with van der Waals surface area (Å²) in [5.74, 6) is -0.225. The molecule has 0 radical (unpaired) electrons. The Morgan fingerprint density at radius 1 is 0.507 bits per heavy atom. The van der Waals surface area contributed by atoms with Crippen LogP contribution in [0.1, 0.15) is 251 Å². The molecule has 0 rings (SSSR count). The standard InChI is InChI=1S/C60H111N2O6P/c1-6-8-10-12-14-16-18-20-22-24-26-27-28-29-30-31-32-33-34-36-37-39-41-43-45-47-49-51-53-59(63)58(57-68-69(65,66)67-56-55-62(3,4)5)61-60(64)54-52-50-48-46-44-42-40-38-35-25-23-21-19-17-15-13-11-9-7-2/h15,17,21,23,35-38,43,45,51,53,58-59,63H,6-14,16,18-20,22,24-34,39-42,44,46-50,52,54-57H2,1-5H3,(H-,61,64,65,66)/b17-15-,23-21-,37-36+,38-35-,45-43+,53-51+. The monoisotopic (exact) mass is 987 g/mol. The first-order valence-electron chi connectivity index (χ1n) is 28.8. The number of carbonyl (C=O) groups excluding carboxylic acids is 1. The summed E-state index contributed by atoms with van der Waals surface area (Å²) in [6, 6.07) is -0.921. The van der Waals surface area contributed by atoms with Gasteiger partial charge in [-0.25, -0.2) is 0 Å². The summed E-state index contributed by atoms with van der Waals surface area (Å²) in [6.45, 7) is 4.59. The highest BCUT2D eigenvalue weighted by Gasteiger charge is 2.23. The van der Waals surface area contributed by atoms with Crippen LogP contribution in [0.25, 0.3) is 0 Å². The van der Waals surface area contributed by atoms with Crippen LogP contribution in [-0.2, 0) is 18.4 Å². The molecule has 9 heteroatoms. The summed E-state index contributed by atoms with van der Waals surface area (Å²) in [5, 5.41) is 13.8. The van der Waals surface area contributed by atoms with Gasteiger partial charge < -0.3 is 28.8 Å². The van der Waals surface area contributed by atoms with E-state index in [-0.39, 0.29) is 12.5 Å². The summed E-state index contributed by atoms with van der Waals surface area (Å²) in [6.07, 6.45) is 69.9. The van der Waals surface area contributed by atoms with E-state index in [1.165, 1.54) is 161 Å². The van der Waals surface area contributed by atoms with Crippen molar-refractivity contribution in [3.63, 3.8) is 0 Å². The van der Waals surface area contributed by atoms with E-state index < -0.39 is 26.6 Å². The molecule has 0 fully saturated rings. The Morgan fingerprint density at radius 3 is 1.30 bits per heavy atom. The third-order valence-corrected chi connectivity index (χ3v) is 13.6. The highest BCUT2D eigenvalue weighted by Crippen LogP contribution is 2.38. The molecular formula is C60H111N2O6P. The molecule has 0 heterocycles. The van der Waals surface area contributed by atoms with Crippen molar-refractivity contribution in [1.82, 2.24) is 5.32 Å². The SMILES string of the molecule is CCCCC/C=C\C/C=C\C/C=C\CCCCCCCCC(=O)NC(COP(=O)([O-])OCC[N+](C)(C)C)C(O)/C=C/CC/C=C/CC/C=C/CCCCCCCCCCCCCCCCCCCC. The number of amides is 1. The predicted octanol–water partition coefficient (Wildman–Crippen LogP) is 16.9. The normalized spacial score (nSPS) is 14.5. The number of rotatable bonds is 52. The minimum Gasteiger partial charge on any atom is -0.756 e. The van der Waals surface area contributed by atoms with Crippen molar-refractivity contribution >= 4 is 13.7 Å². The third-order valence-electron chi connectivity index (χ3n) is 12.6. The predicted molar refractivity (Wildman–Crippen MR) is 297 cm³/mol.